The third-order valence-corrected chi connectivity index (χ3v) is 4.06. The van der Waals surface area contributed by atoms with Crippen LogP contribution in [0.1, 0.15) is 24.8 Å². The molecule has 0 bridgehead atoms. The molecule has 1 saturated heterocycles. The second-order valence-electron chi connectivity index (χ2n) is 5.25. The third kappa shape index (κ3) is 4.33. The summed E-state index contributed by atoms with van der Waals surface area (Å²) in [5.74, 6) is -1.66. The molecule has 1 heterocycles. The van der Waals surface area contributed by atoms with Gasteiger partial charge >= 0.3 is 5.97 Å². The van der Waals surface area contributed by atoms with Crippen LogP contribution in [0.25, 0.3) is 0 Å². The summed E-state index contributed by atoms with van der Waals surface area (Å²) in [6.07, 6.45) is 0.161. The van der Waals surface area contributed by atoms with Gasteiger partial charge in [0, 0.05) is 29.7 Å². The van der Waals surface area contributed by atoms with Crippen LogP contribution in [0, 0.1) is 5.92 Å². The average Bonchev–Trinajstić information content (AvgIpc) is 2.51. The zero-order valence-electron chi connectivity index (χ0n) is 13.0. The number of halogens is 1. The molecular weight excluding hydrogens is 318 g/mol. The molecule has 2 atom stereocenters. The maximum absolute atomic E-state index is 12.4. The summed E-state index contributed by atoms with van der Waals surface area (Å²) in [6.45, 7) is 6.74. The molecule has 1 N–H and O–H groups in total. The van der Waals surface area contributed by atoms with Gasteiger partial charge in [0.2, 0.25) is 5.91 Å². The summed E-state index contributed by atoms with van der Waals surface area (Å²) in [6, 6.07) is 7.19. The standard InChI is InChI=1S/C17H20ClNO4/c1-3-22-8-9-23-17(21)16-11(2)19-15(20)10-13(16)12-6-4-5-7-14(12)18/h4-7,13,16H,2-3,8-10H2,1H3,(H,19,20)/t13-,16+/m0/s1. The van der Waals surface area contributed by atoms with E-state index in [4.69, 9.17) is 21.1 Å². The average molecular weight is 338 g/mol. The quantitative estimate of drug-likeness (QED) is 0.640. The summed E-state index contributed by atoms with van der Waals surface area (Å²) in [5.41, 5.74) is 1.09. The van der Waals surface area contributed by atoms with Gasteiger partial charge in [-0.25, -0.2) is 0 Å². The van der Waals surface area contributed by atoms with Gasteiger partial charge in [-0.05, 0) is 18.6 Å². The van der Waals surface area contributed by atoms with E-state index >= 15 is 0 Å². The highest BCUT2D eigenvalue weighted by Crippen LogP contribution is 2.38. The number of benzene rings is 1. The first-order chi connectivity index (χ1) is 11.0. The van der Waals surface area contributed by atoms with Crippen LogP contribution in [0.15, 0.2) is 36.5 Å². The summed E-state index contributed by atoms with van der Waals surface area (Å²) in [7, 11) is 0. The van der Waals surface area contributed by atoms with Crippen molar-refractivity contribution in [3.8, 4) is 0 Å². The Morgan fingerprint density at radius 2 is 2.13 bits per heavy atom. The molecule has 2 rings (SSSR count). The molecule has 1 aromatic rings. The number of carbonyl (C=O) groups is 2. The van der Waals surface area contributed by atoms with Gasteiger partial charge in [0.15, 0.2) is 0 Å². The van der Waals surface area contributed by atoms with Gasteiger partial charge in [0.25, 0.3) is 0 Å². The number of amides is 1. The number of ether oxygens (including phenoxy) is 2. The first kappa shape index (κ1) is 17.5. The molecule has 0 aromatic heterocycles. The molecule has 0 saturated carbocycles. The zero-order chi connectivity index (χ0) is 16.8. The Kier molecular flexibility index (Phi) is 6.19. The van der Waals surface area contributed by atoms with Crippen molar-refractivity contribution < 1.29 is 19.1 Å². The van der Waals surface area contributed by atoms with Crippen LogP contribution in [0.5, 0.6) is 0 Å². The van der Waals surface area contributed by atoms with E-state index in [0.717, 1.165) is 5.56 Å². The number of hydrogen-bond donors (Lipinski definition) is 1. The fraction of sp³-hybridized carbons (Fsp3) is 0.412. The second kappa shape index (κ2) is 8.13. The van der Waals surface area contributed by atoms with Crippen LogP contribution in [-0.4, -0.2) is 31.7 Å². The van der Waals surface area contributed by atoms with Crippen LogP contribution < -0.4 is 5.32 Å². The molecule has 5 nitrogen and oxygen atoms in total. The van der Waals surface area contributed by atoms with Crippen molar-refractivity contribution in [3.63, 3.8) is 0 Å². The molecule has 1 fully saturated rings. The lowest BCUT2D eigenvalue weighted by Gasteiger charge is -2.32. The van der Waals surface area contributed by atoms with Crippen molar-refractivity contribution in [2.24, 2.45) is 5.92 Å². The maximum Gasteiger partial charge on any atom is 0.315 e. The lowest BCUT2D eigenvalue weighted by Crippen LogP contribution is -2.41. The van der Waals surface area contributed by atoms with Crippen molar-refractivity contribution in [1.82, 2.24) is 5.32 Å². The molecule has 1 aromatic carbocycles. The number of hydrogen-bond acceptors (Lipinski definition) is 4. The molecule has 1 aliphatic rings. The minimum Gasteiger partial charge on any atom is -0.463 e. The van der Waals surface area contributed by atoms with Gasteiger partial charge in [-0.2, -0.15) is 0 Å². The minimum absolute atomic E-state index is 0.161. The van der Waals surface area contributed by atoms with E-state index in [-0.39, 0.29) is 24.9 Å². The van der Waals surface area contributed by atoms with Crippen LogP contribution >= 0.6 is 11.6 Å². The Labute approximate surface area is 140 Å². The lowest BCUT2D eigenvalue weighted by molar-refractivity contribution is -0.150. The second-order valence-corrected chi connectivity index (χ2v) is 5.65. The summed E-state index contributed by atoms with van der Waals surface area (Å²) >= 11 is 6.24. The molecular formula is C17H20ClNO4. The highest BCUT2D eigenvalue weighted by Gasteiger charge is 2.39. The first-order valence-corrected chi connectivity index (χ1v) is 7.89. The maximum atomic E-state index is 12.4. The number of rotatable bonds is 6. The van der Waals surface area contributed by atoms with Gasteiger partial charge in [0.05, 0.1) is 6.61 Å². The van der Waals surface area contributed by atoms with E-state index in [1.807, 2.05) is 19.1 Å². The van der Waals surface area contributed by atoms with Crippen LogP contribution in [0.4, 0.5) is 0 Å². The van der Waals surface area contributed by atoms with Gasteiger partial charge in [-0.3, -0.25) is 9.59 Å². The van der Waals surface area contributed by atoms with Crippen LogP contribution in [0.3, 0.4) is 0 Å². The molecule has 1 aliphatic heterocycles. The largest absolute Gasteiger partial charge is 0.463 e. The van der Waals surface area contributed by atoms with Gasteiger partial charge in [-0.15, -0.1) is 0 Å². The van der Waals surface area contributed by atoms with Crippen molar-refractivity contribution in [1.29, 1.82) is 0 Å². The van der Waals surface area contributed by atoms with Gasteiger partial charge in [-0.1, -0.05) is 36.4 Å². The van der Waals surface area contributed by atoms with E-state index in [9.17, 15) is 9.59 Å². The van der Waals surface area contributed by atoms with Crippen molar-refractivity contribution >= 4 is 23.5 Å². The highest BCUT2D eigenvalue weighted by molar-refractivity contribution is 6.31. The molecule has 124 valence electrons. The van der Waals surface area contributed by atoms with E-state index in [1.165, 1.54) is 0 Å². The van der Waals surface area contributed by atoms with Gasteiger partial charge < -0.3 is 14.8 Å². The zero-order valence-corrected chi connectivity index (χ0v) is 13.8. The number of esters is 1. The van der Waals surface area contributed by atoms with Crippen LogP contribution in [0.2, 0.25) is 5.02 Å². The van der Waals surface area contributed by atoms with Crippen molar-refractivity contribution in [2.75, 3.05) is 19.8 Å². The summed E-state index contributed by atoms with van der Waals surface area (Å²) in [5, 5.41) is 3.14. The van der Waals surface area contributed by atoms with Crippen LogP contribution in [-0.2, 0) is 19.1 Å². The Balaban J connectivity index is 2.19. The lowest BCUT2D eigenvalue weighted by atomic mass is 9.79. The number of carbonyl (C=O) groups excluding carboxylic acids is 2. The molecule has 23 heavy (non-hydrogen) atoms. The monoisotopic (exact) mass is 337 g/mol. The van der Waals surface area contributed by atoms with Crippen molar-refractivity contribution in [3.05, 3.63) is 47.1 Å². The third-order valence-electron chi connectivity index (χ3n) is 3.72. The highest BCUT2D eigenvalue weighted by atomic mass is 35.5. The predicted octanol–water partition coefficient (Wildman–Crippen LogP) is 2.65. The fourth-order valence-corrected chi connectivity index (χ4v) is 2.95. The molecule has 0 spiro atoms. The summed E-state index contributed by atoms with van der Waals surface area (Å²) < 4.78 is 10.4. The topological polar surface area (TPSA) is 64.6 Å². The SMILES string of the molecule is C=C1NC(=O)C[C@@H](c2ccccc2Cl)[C@@H]1C(=O)OCCOCC. The van der Waals surface area contributed by atoms with Crippen molar-refractivity contribution in [2.45, 2.75) is 19.3 Å². The van der Waals surface area contributed by atoms with Gasteiger partial charge in [0.1, 0.15) is 12.5 Å². The Morgan fingerprint density at radius 3 is 2.83 bits per heavy atom. The molecule has 1 amide bonds. The Bertz CT molecular complexity index is 602. The van der Waals surface area contributed by atoms with E-state index in [0.29, 0.717) is 23.9 Å². The fourth-order valence-electron chi connectivity index (χ4n) is 2.68. The Hall–Kier alpha value is -1.85. The summed E-state index contributed by atoms with van der Waals surface area (Å²) in [4.78, 5) is 24.3. The molecule has 6 heteroatoms. The molecule has 0 unspecified atom stereocenters. The number of nitrogens with one attached hydrogen (secondary N) is 1. The Morgan fingerprint density at radius 1 is 1.39 bits per heavy atom. The first-order valence-electron chi connectivity index (χ1n) is 7.52. The van der Waals surface area contributed by atoms with E-state index in [1.54, 1.807) is 12.1 Å². The van der Waals surface area contributed by atoms with E-state index in [2.05, 4.69) is 11.9 Å². The smallest absolute Gasteiger partial charge is 0.315 e. The molecule has 0 radical (unpaired) electrons. The predicted molar refractivity (Wildman–Crippen MR) is 87.0 cm³/mol. The normalized spacial score (nSPS) is 21.0. The number of piperidine rings is 1. The van der Waals surface area contributed by atoms with E-state index < -0.39 is 11.9 Å². The minimum atomic E-state index is -0.658. The molecule has 0 aliphatic carbocycles.